The summed E-state index contributed by atoms with van der Waals surface area (Å²) in [4.78, 5) is 8.07. The second kappa shape index (κ2) is 4.36. The maximum atomic E-state index is 13.3. The summed E-state index contributed by atoms with van der Waals surface area (Å²) in [5.41, 5.74) is 0.688. The first kappa shape index (κ1) is 10.7. The van der Waals surface area contributed by atoms with Gasteiger partial charge in [-0.05, 0) is 12.1 Å². The maximum absolute atomic E-state index is 13.3. The molecule has 0 N–H and O–H groups in total. The van der Waals surface area contributed by atoms with Gasteiger partial charge >= 0.3 is 0 Å². The summed E-state index contributed by atoms with van der Waals surface area (Å²) >= 11 is 0. The van der Waals surface area contributed by atoms with Gasteiger partial charge in [0.05, 0.1) is 6.61 Å². The van der Waals surface area contributed by atoms with Gasteiger partial charge < -0.3 is 9.26 Å². The van der Waals surface area contributed by atoms with Crippen LogP contribution >= 0.6 is 0 Å². The number of nitrogens with zero attached hydrogens (tertiary/aromatic N) is 3. The molecule has 0 unspecified atom stereocenters. The Morgan fingerprint density at radius 2 is 2.19 bits per heavy atom. The van der Waals surface area contributed by atoms with Crippen LogP contribution in [0.5, 0.6) is 0 Å². The molecule has 2 aromatic heterocycles. The molecule has 0 spiro atoms. The standard InChI is InChI=1S/C10H10FN3O2/c1-6-12-10(14-16-6)8-4-3-7(11)9(13-8)5-15-2/h3-4H,5H2,1-2H3. The minimum absolute atomic E-state index is 0.108. The molecule has 6 heteroatoms. The number of pyridine rings is 1. The maximum Gasteiger partial charge on any atom is 0.223 e. The molecule has 0 aliphatic rings. The van der Waals surface area contributed by atoms with Gasteiger partial charge in [-0.1, -0.05) is 5.16 Å². The van der Waals surface area contributed by atoms with Crippen molar-refractivity contribution in [2.45, 2.75) is 13.5 Å². The zero-order valence-corrected chi connectivity index (χ0v) is 8.90. The summed E-state index contributed by atoms with van der Waals surface area (Å²) in [6.45, 7) is 1.78. The number of aryl methyl sites for hydroxylation is 1. The predicted molar refractivity (Wildman–Crippen MR) is 52.9 cm³/mol. The number of rotatable bonds is 3. The van der Waals surface area contributed by atoms with Crippen LogP contribution in [0.4, 0.5) is 4.39 Å². The van der Waals surface area contributed by atoms with E-state index in [1.165, 1.54) is 19.2 Å². The van der Waals surface area contributed by atoms with Crippen molar-refractivity contribution in [2.24, 2.45) is 0 Å². The molecule has 5 nitrogen and oxygen atoms in total. The molecule has 2 heterocycles. The number of hydrogen-bond donors (Lipinski definition) is 0. The lowest BCUT2D eigenvalue weighted by atomic mass is 10.3. The zero-order valence-electron chi connectivity index (χ0n) is 8.90. The molecule has 0 saturated heterocycles. The van der Waals surface area contributed by atoms with Crippen LogP contribution < -0.4 is 0 Å². The minimum atomic E-state index is -0.411. The Hall–Kier alpha value is -1.82. The molecule has 0 radical (unpaired) electrons. The first-order valence-electron chi connectivity index (χ1n) is 4.65. The molecule has 0 bridgehead atoms. The fraction of sp³-hybridized carbons (Fsp3) is 0.300. The summed E-state index contributed by atoms with van der Waals surface area (Å²) in [6, 6.07) is 2.81. The van der Waals surface area contributed by atoms with Crippen LogP contribution in [0.15, 0.2) is 16.7 Å². The van der Waals surface area contributed by atoms with Crippen LogP contribution in [0.1, 0.15) is 11.6 Å². The minimum Gasteiger partial charge on any atom is -0.378 e. The van der Waals surface area contributed by atoms with E-state index in [1.807, 2.05) is 0 Å². The summed E-state index contributed by atoms with van der Waals surface area (Å²) in [7, 11) is 1.48. The summed E-state index contributed by atoms with van der Waals surface area (Å²) < 4.78 is 22.9. The third-order valence-electron chi connectivity index (χ3n) is 1.96. The SMILES string of the molecule is COCc1nc(-c2noc(C)n2)ccc1F. The molecule has 2 rings (SSSR count). The lowest BCUT2D eigenvalue weighted by Crippen LogP contribution is -1.99. The monoisotopic (exact) mass is 223 g/mol. The molecule has 0 amide bonds. The molecule has 0 aromatic carbocycles. The summed E-state index contributed by atoms with van der Waals surface area (Å²) in [5, 5.41) is 3.71. The van der Waals surface area contributed by atoms with E-state index in [-0.39, 0.29) is 12.3 Å². The van der Waals surface area contributed by atoms with Gasteiger partial charge in [0, 0.05) is 14.0 Å². The molecule has 84 valence electrons. The van der Waals surface area contributed by atoms with Gasteiger partial charge in [0.25, 0.3) is 0 Å². The summed E-state index contributed by atoms with van der Waals surface area (Å²) in [5.74, 6) is 0.370. The average Bonchev–Trinajstić information content (AvgIpc) is 2.69. The number of aromatic nitrogens is 3. The lowest BCUT2D eigenvalue weighted by molar-refractivity contribution is 0.177. The first-order chi connectivity index (χ1) is 7.70. The van der Waals surface area contributed by atoms with Crippen LogP contribution in [0, 0.1) is 12.7 Å². The average molecular weight is 223 g/mol. The highest BCUT2D eigenvalue weighted by Crippen LogP contribution is 2.15. The first-order valence-corrected chi connectivity index (χ1v) is 4.65. The smallest absolute Gasteiger partial charge is 0.223 e. The Bertz CT molecular complexity index is 499. The van der Waals surface area contributed by atoms with Crippen molar-refractivity contribution in [1.82, 2.24) is 15.1 Å². The molecule has 2 aromatic rings. The van der Waals surface area contributed by atoms with E-state index in [0.717, 1.165) is 0 Å². The van der Waals surface area contributed by atoms with Crippen LogP contribution in [0.2, 0.25) is 0 Å². The molecule has 0 fully saturated rings. The van der Waals surface area contributed by atoms with Gasteiger partial charge in [-0.2, -0.15) is 4.98 Å². The Morgan fingerprint density at radius 3 is 2.81 bits per heavy atom. The van der Waals surface area contributed by atoms with Crippen LogP contribution in [-0.2, 0) is 11.3 Å². The Balaban J connectivity index is 2.39. The second-order valence-corrected chi connectivity index (χ2v) is 3.20. The fourth-order valence-corrected chi connectivity index (χ4v) is 1.25. The van der Waals surface area contributed by atoms with E-state index in [9.17, 15) is 4.39 Å². The van der Waals surface area contributed by atoms with Gasteiger partial charge in [-0.3, -0.25) is 0 Å². The molecule has 0 saturated carbocycles. The highest BCUT2D eigenvalue weighted by Gasteiger charge is 2.11. The second-order valence-electron chi connectivity index (χ2n) is 3.20. The van der Waals surface area contributed by atoms with Gasteiger partial charge in [0.1, 0.15) is 17.2 Å². The lowest BCUT2D eigenvalue weighted by Gasteiger charge is -2.01. The number of ether oxygens (including phenoxy) is 1. The van der Waals surface area contributed by atoms with Crippen LogP contribution in [-0.4, -0.2) is 22.2 Å². The van der Waals surface area contributed by atoms with Crippen LogP contribution in [0.3, 0.4) is 0 Å². The quantitative estimate of drug-likeness (QED) is 0.792. The highest BCUT2D eigenvalue weighted by atomic mass is 19.1. The molecule has 16 heavy (non-hydrogen) atoms. The van der Waals surface area contributed by atoms with E-state index in [0.29, 0.717) is 17.4 Å². The molecular weight excluding hydrogens is 213 g/mol. The highest BCUT2D eigenvalue weighted by molar-refractivity contribution is 5.48. The van der Waals surface area contributed by atoms with Crippen molar-refractivity contribution in [3.8, 4) is 11.5 Å². The van der Waals surface area contributed by atoms with E-state index in [2.05, 4.69) is 15.1 Å². The van der Waals surface area contributed by atoms with Crippen LogP contribution in [0.25, 0.3) is 11.5 Å². The van der Waals surface area contributed by atoms with Gasteiger partial charge in [0.2, 0.25) is 11.7 Å². The van der Waals surface area contributed by atoms with Crippen molar-refractivity contribution in [2.75, 3.05) is 7.11 Å². The predicted octanol–water partition coefficient (Wildman–Crippen LogP) is 1.73. The number of hydrogen-bond acceptors (Lipinski definition) is 5. The number of halogens is 1. The van der Waals surface area contributed by atoms with Gasteiger partial charge in [-0.25, -0.2) is 9.37 Å². The largest absolute Gasteiger partial charge is 0.378 e. The number of methoxy groups -OCH3 is 1. The topological polar surface area (TPSA) is 61.0 Å². The Morgan fingerprint density at radius 1 is 1.38 bits per heavy atom. The van der Waals surface area contributed by atoms with E-state index in [4.69, 9.17) is 9.26 Å². The third kappa shape index (κ3) is 2.06. The molecule has 0 aliphatic heterocycles. The zero-order chi connectivity index (χ0) is 11.5. The van der Waals surface area contributed by atoms with Crippen molar-refractivity contribution in [3.63, 3.8) is 0 Å². The Labute approximate surface area is 91.3 Å². The molecular formula is C10H10FN3O2. The van der Waals surface area contributed by atoms with Gasteiger partial charge in [-0.15, -0.1) is 0 Å². The van der Waals surface area contributed by atoms with Crippen molar-refractivity contribution in [3.05, 3.63) is 29.5 Å². The molecule has 0 atom stereocenters. The Kier molecular flexibility index (Phi) is 2.91. The van der Waals surface area contributed by atoms with E-state index in [1.54, 1.807) is 6.92 Å². The van der Waals surface area contributed by atoms with Crippen molar-refractivity contribution in [1.29, 1.82) is 0 Å². The summed E-state index contributed by atoms with van der Waals surface area (Å²) in [6.07, 6.45) is 0. The van der Waals surface area contributed by atoms with E-state index < -0.39 is 5.82 Å². The van der Waals surface area contributed by atoms with Crippen molar-refractivity contribution < 1.29 is 13.7 Å². The normalized spacial score (nSPS) is 10.7. The van der Waals surface area contributed by atoms with Crippen molar-refractivity contribution >= 4 is 0 Å². The molecule has 0 aliphatic carbocycles. The van der Waals surface area contributed by atoms with Gasteiger partial charge in [0.15, 0.2) is 0 Å². The van der Waals surface area contributed by atoms with E-state index >= 15 is 0 Å². The fourth-order valence-electron chi connectivity index (χ4n) is 1.25. The third-order valence-corrected chi connectivity index (χ3v) is 1.96.